The van der Waals surface area contributed by atoms with E-state index in [0.717, 1.165) is 17.5 Å². The van der Waals surface area contributed by atoms with E-state index in [1.807, 2.05) is 44.4 Å². The lowest BCUT2D eigenvalue weighted by molar-refractivity contribution is 0.0307. The summed E-state index contributed by atoms with van der Waals surface area (Å²) in [4.78, 5) is 2.06. The Bertz CT molecular complexity index is 531. The Hall–Kier alpha value is -1.13. The normalized spacial score (nSPS) is 12.4. The van der Waals surface area contributed by atoms with Crippen molar-refractivity contribution in [1.29, 1.82) is 0 Å². The summed E-state index contributed by atoms with van der Waals surface area (Å²) in [7, 11) is 4.01. The summed E-state index contributed by atoms with van der Waals surface area (Å²) < 4.78 is 5.48. The van der Waals surface area contributed by atoms with Crippen LogP contribution < -0.4 is 0 Å². The zero-order chi connectivity index (χ0) is 13.7. The molecule has 2 aromatic carbocycles. The average Bonchev–Trinajstić information content (AvgIpc) is 2.42. The molecule has 0 aliphatic rings. The van der Waals surface area contributed by atoms with Crippen LogP contribution in [0.2, 0.25) is 0 Å². The van der Waals surface area contributed by atoms with Crippen molar-refractivity contribution in [2.45, 2.75) is 6.10 Å². The standard InChI is InChI=1S/C16H21NO2.ClH/c1-17(2)9-10-19-12-16(18)15-8-7-13-5-3-4-6-14(13)11-15;/h3-8,11,16,18H,9-10,12H2,1-2H3;1H. The summed E-state index contributed by atoms with van der Waals surface area (Å²) in [6.45, 7) is 1.84. The number of ether oxygens (including phenoxy) is 1. The first kappa shape index (κ1) is 16.9. The van der Waals surface area contributed by atoms with Crippen molar-refractivity contribution in [3.05, 3.63) is 48.0 Å². The summed E-state index contributed by atoms with van der Waals surface area (Å²) >= 11 is 0. The number of rotatable bonds is 6. The highest BCUT2D eigenvalue weighted by atomic mass is 35.5. The van der Waals surface area contributed by atoms with Gasteiger partial charge in [0.25, 0.3) is 0 Å². The second kappa shape index (κ2) is 8.22. The molecular formula is C16H22ClNO2. The Kier molecular flexibility index (Phi) is 6.96. The lowest BCUT2D eigenvalue weighted by Crippen LogP contribution is -2.19. The fourth-order valence-electron chi connectivity index (χ4n) is 1.95. The number of fused-ring (bicyclic) bond motifs is 1. The predicted molar refractivity (Wildman–Crippen MR) is 85.5 cm³/mol. The minimum Gasteiger partial charge on any atom is -0.386 e. The Labute approximate surface area is 126 Å². The van der Waals surface area contributed by atoms with Crippen molar-refractivity contribution in [3.63, 3.8) is 0 Å². The van der Waals surface area contributed by atoms with E-state index >= 15 is 0 Å². The van der Waals surface area contributed by atoms with Gasteiger partial charge >= 0.3 is 0 Å². The van der Waals surface area contributed by atoms with Crippen LogP contribution in [0.5, 0.6) is 0 Å². The molecule has 0 fully saturated rings. The van der Waals surface area contributed by atoms with Crippen molar-refractivity contribution < 1.29 is 9.84 Å². The first-order valence-corrected chi connectivity index (χ1v) is 6.56. The third-order valence-electron chi connectivity index (χ3n) is 3.12. The van der Waals surface area contributed by atoms with Crippen LogP contribution in [0.15, 0.2) is 42.5 Å². The Balaban J connectivity index is 0.00000200. The highest BCUT2D eigenvalue weighted by molar-refractivity contribution is 5.85. The molecule has 0 saturated carbocycles. The quantitative estimate of drug-likeness (QED) is 0.832. The lowest BCUT2D eigenvalue weighted by atomic mass is 10.0. The largest absolute Gasteiger partial charge is 0.386 e. The molecule has 1 N–H and O–H groups in total. The Morgan fingerprint density at radius 3 is 2.50 bits per heavy atom. The Morgan fingerprint density at radius 2 is 1.80 bits per heavy atom. The maximum absolute atomic E-state index is 10.1. The molecule has 0 amide bonds. The number of nitrogens with zero attached hydrogens (tertiary/aromatic N) is 1. The third-order valence-corrected chi connectivity index (χ3v) is 3.12. The van der Waals surface area contributed by atoms with Crippen molar-refractivity contribution in [2.24, 2.45) is 0 Å². The SMILES string of the molecule is CN(C)CCOCC(O)c1ccc2ccccc2c1.Cl. The number of likely N-dealkylation sites (N-methyl/N-ethyl adjacent to an activating group) is 1. The number of benzene rings is 2. The molecule has 20 heavy (non-hydrogen) atoms. The van der Waals surface area contributed by atoms with Crippen LogP contribution in [0.25, 0.3) is 10.8 Å². The molecule has 0 spiro atoms. The summed E-state index contributed by atoms with van der Waals surface area (Å²) in [6, 6.07) is 14.2. The lowest BCUT2D eigenvalue weighted by Gasteiger charge is -2.14. The van der Waals surface area contributed by atoms with Crippen LogP contribution in [0, 0.1) is 0 Å². The van der Waals surface area contributed by atoms with Gasteiger partial charge in [-0.1, -0.05) is 36.4 Å². The molecule has 0 aliphatic heterocycles. The fraction of sp³-hybridized carbons (Fsp3) is 0.375. The fourth-order valence-corrected chi connectivity index (χ4v) is 1.95. The third kappa shape index (κ3) is 4.76. The monoisotopic (exact) mass is 295 g/mol. The van der Waals surface area contributed by atoms with Gasteiger partial charge in [0.05, 0.1) is 13.2 Å². The number of hydrogen-bond acceptors (Lipinski definition) is 3. The minimum atomic E-state index is -0.563. The number of aliphatic hydroxyl groups is 1. The summed E-state index contributed by atoms with van der Waals surface area (Å²) in [5.74, 6) is 0. The molecule has 0 aliphatic carbocycles. The van der Waals surface area contributed by atoms with Gasteiger partial charge in [-0.25, -0.2) is 0 Å². The van der Waals surface area contributed by atoms with Gasteiger partial charge in [0, 0.05) is 6.54 Å². The van der Waals surface area contributed by atoms with E-state index in [9.17, 15) is 5.11 Å². The van der Waals surface area contributed by atoms with E-state index in [2.05, 4.69) is 17.0 Å². The molecule has 0 heterocycles. The van der Waals surface area contributed by atoms with Gasteiger partial charge in [-0.2, -0.15) is 0 Å². The molecule has 0 bridgehead atoms. The van der Waals surface area contributed by atoms with Crippen molar-refractivity contribution in [1.82, 2.24) is 4.90 Å². The second-order valence-electron chi connectivity index (χ2n) is 5.00. The van der Waals surface area contributed by atoms with Crippen molar-refractivity contribution in [2.75, 3.05) is 33.9 Å². The van der Waals surface area contributed by atoms with Crippen LogP contribution in [-0.2, 0) is 4.74 Å². The smallest absolute Gasteiger partial charge is 0.102 e. The second-order valence-corrected chi connectivity index (χ2v) is 5.00. The van der Waals surface area contributed by atoms with E-state index in [1.165, 1.54) is 5.39 Å². The molecule has 110 valence electrons. The van der Waals surface area contributed by atoms with Gasteiger partial charge in [0.2, 0.25) is 0 Å². The zero-order valence-electron chi connectivity index (χ0n) is 12.0. The molecule has 1 atom stereocenters. The summed E-state index contributed by atoms with van der Waals surface area (Å²) in [5, 5.41) is 12.4. The van der Waals surface area contributed by atoms with Crippen LogP contribution in [0.1, 0.15) is 11.7 Å². The average molecular weight is 296 g/mol. The zero-order valence-corrected chi connectivity index (χ0v) is 12.8. The molecule has 4 heteroatoms. The minimum absolute atomic E-state index is 0. The Morgan fingerprint density at radius 1 is 1.10 bits per heavy atom. The highest BCUT2D eigenvalue weighted by Crippen LogP contribution is 2.20. The first-order valence-electron chi connectivity index (χ1n) is 6.56. The summed E-state index contributed by atoms with van der Waals surface area (Å²) in [5.41, 5.74) is 0.906. The van der Waals surface area contributed by atoms with E-state index in [4.69, 9.17) is 4.74 Å². The number of hydrogen-bond donors (Lipinski definition) is 1. The number of halogens is 1. The van der Waals surface area contributed by atoms with Gasteiger partial charge in [-0.3, -0.25) is 0 Å². The van der Waals surface area contributed by atoms with E-state index in [0.29, 0.717) is 13.2 Å². The molecular weight excluding hydrogens is 274 g/mol. The highest BCUT2D eigenvalue weighted by Gasteiger charge is 2.08. The topological polar surface area (TPSA) is 32.7 Å². The maximum atomic E-state index is 10.1. The van der Waals surface area contributed by atoms with Crippen LogP contribution in [0.3, 0.4) is 0 Å². The molecule has 2 aromatic rings. The van der Waals surface area contributed by atoms with Gasteiger partial charge in [-0.15, -0.1) is 12.4 Å². The molecule has 0 radical (unpaired) electrons. The van der Waals surface area contributed by atoms with E-state index < -0.39 is 6.10 Å². The molecule has 2 rings (SSSR count). The molecule has 0 aromatic heterocycles. The summed E-state index contributed by atoms with van der Waals surface area (Å²) in [6.07, 6.45) is -0.563. The molecule has 0 saturated heterocycles. The van der Waals surface area contributed by atoms with Crippen molar-refractivity contribution in [3.8, 4) is 0 Å². The van der Waals surface area contributed by atoms with Crippen LogP contribution in [-0.4, -0.2) is 43.9 Å². The molecule has 1 unspecified atom stereocenters. The molecule has 3 nitrogen and oxygen atoms in total. The first-order chi connectivity index (χ1) is 9.16. The van der Waals surface area contributed by atoms with E-state index in [1.54, 1.807) is 0 Å². The number of aliphatic hydroxyl groups excluding tert-OH is 1. The van der Waals surface area contributed by atoms with Gasteiger partial charge < -0.3 is 14.7 Å². The van der Waals surface area contributed by atoms with Crippen LogP contribution >= 0.6 is 12.4 Å². The van der Waals surface area contributed by atoms with Crippen LogP contribution in [0.4, 0.5) is 0 Å². The maximum Gasteiger partial charge on any atom is 0.102 e. The van der Waals surface area contributed by atoms with Crippen molar-refractivity contribution >= 4 is 23.2 Å². The van der Waals surface area contributed by atoms with E-state index in [-0.39, 0.29) is 12.4 Å². The van der Waals surface area contributed by atoms with Gasteiger partial charge in [-0.05, 0) is 36.5 Å². The predicted octanol–water partition coefficient (Wildman–Crippen LogP) is 2.87. The van der Waals surface area contributed by atoms with Gasteiger partial charge in [0.1, 0.15) is 6.10 Å². The van der Waals surface area contributed by atoms with Gasteiger partial charge in [0.15, 0.2) is 0 Å².